The van der Waals surface area contributed by atoms with Crippen LogP contribution in [0.25, 0.3) is 11.5 Å². The minimum Gasteiger partial charge on any atom is -0.445 e. The number of oxazole rings is 1. The largest absolute Gasteiger partial charge is 0.452 e. The van der Waals surface area contributed by atoms with Crippen LogP contribution in [0, 0.1) is 0 Å². The van der Waals surface area contributed by atoms with Gasteiger partial charge >= 0.3 is 12.3 Å². The summed E-state index contributed by atoms with van der Waals surface area (Å²) in [5.74, 6) is -2.92. The number of hydrogen-bond donors (Lipinski definition) is 1. The number of carbonyl (C=O) groups excluding carboxylic acids is 3. The van der Waals surface area contributed by atoms with Crippen molar-refractivity contribution in [3.63, 3.8) is 0 Å². The number of carbonyl (C=O) groups is 3. The molecule has 10 nitrogen and oxygen atoms in total. The third-order valence-electron chi connectivity index (χ3n) is 8.18. The van der Waals surface area contributed by atoms with Crippen molar-refractivity contribution in [3.8, 4) is 11.5 Å². The number of aromatic nitrogens is 1. The number of anilines is 2. The predicted octanol–water partition coefficient (Wildman–Crippen LogP) is 6.06. The lowest BCUT2D eigenvalue weighted by atomic mass is 10.1. The fraction of sp³-hybridized carbons (Fsp3) is 0.294. The molecule has 2 aliphatic rings. The van der Waals surface area contributed by atoms with Crippen LogP contribution in [0.2, 0.25) is 0 Å². The van der Waals surface area contributed by atoms with Crippen molar-refractivity contribution >= 4 is 29.3 Å². The van der Waals surface area contributed by atoms with Gasteiger partial charge in [0.05, 0.1) is 0 Å². The zero-order valence-corrected chi connectivity index (χ0v) is 25.3. The van der Waals surface area contributed by atoms with Gasteiger partial charge in [-0.25, -0.2) is 9.78 Å². The van der Waals surface area contributed by atoms with Crippen molar-refractivity contribution in [1.29, 1.82) is 0 Å². The molecule has 6 rings (SSSR count). The minimum atomic E-state index is -4.91. The number of likely N-dealkylation sites (tertiary alicyclic amines) is 1. The van der Waals surface area contributed by atoms with Crippen molar-refractivity contribution in [3.05, 3.63) is 102 Å². The number of piperazine rings is 1. The molecular formula is C34H32F3N5O5. The Morgan fingerprint density at radius 3 is 2.19 bits per heavy atom. The Kier molecular flexibility index (Phi) is 9.14. The molecule has 244 valence electrons. The molecule has 0 spiro atoms. The summed E-state index contributed by atoms with van der Waals surface area (Å²) in [6.07, 6.45) is -4.10. The van der Waals surface area contributed by atoms with Gasteiger partial charge in [0.1, 0.15) is 12.6 Å². The highest BCUT2D eigenvalue weighted by molar-refractivity contribution is 6.04. The Morgan fingerprint density at radius 2 is 1.53 bits per heavy atom. The molecule has 3 amide bonds. The molecule has 4 aromatic rings. The van der Waals surface area contributed by atoms with Gasteiger partial charge in [-0.15, -0.1) is 0 Å². The highest BCUT2D eigenvalue weighted by atomic mass is 19.4. The molecule has 2 aliphatic heterocycles. The number of alkyl halides is 3. The first-order valence-corrected chi connectivity index (χ1v) is 15.2. The van der Waals surface area contributed by atoms with Gasteiger partial charge in [-0.05, 0) is 54.8 Å². The van der Waals surface area contributed by atoms with E-state index < -0.39 is 35.7 Å². The van der Waals surface area contributed by atoms with E-state index in [0.29, 0.717) is 44.7 Å². The summed E-state index contributed by atoms with van der Waals surface area (Å²) in [7, 11) is 0. The number of hydrogen-bond acceptors (Lipinski definition) is 7. The van der Waals surface area contributed by atoms with E-state index in [1.807, 2.05) is 30.3 Å². The van der Waals surface area contributed by atoms with E-state index in [9.17, 15) is 27.6 Å². The number of rotatable bonds is 7. The molecule has 1 N–H and O–H groups in total. The third kappa shape index (κ3) is 7.24. The second kappa shape index (κ2) is 13.6. The highest BCUT2D eigenvalue weighted by Crippen LogP contribution is 2.35. The SMILES string of the molecule is O=C(Nc1ccc(N2CCN(C(=O)C3CCCN3C(=O)OCc3ccccc3)CC2)cc1)c1nc(-c2ccccc2)oc1C(F)(F)F. The van der Waals surface area contributed by atoms with Crippen molar-refractivity contribution in [2.24, 2.45) is 0 Å². The molecule has 0 bridgehead atoms. The molecule has 1 atom stereocenters. The van der Waals surface area contributed by atoms with Crippen LogP contribution < -0.4 is 10.2 Å². The molecule has 2 fully saturated rings. The molecule has 47 heavy (non-hydrogen) atoms. The van der Waals surface area contributed by atoms with Crippen LogP contribution in [0.4, 0.5) is 29.3 Å². The Hall–Kier alpha value is -5.33. The average Bonchev–Trinajstić information content (AvgIpc) is 3.77. The van der Waals surface area contributed by atoms with Gasteiger partial charge in [0.15, 0.2) is 5.69 Å². The smallest absolute Gasteiger partial charge is 0.445 e. The van der Waals surface area contributed by atoms with Gasteiger partial charge in [-0.2, -0.15) is 13.2 Å². The lowest BCUT2D eigenvalue weighted by Crippen LogP contribution is -2.54. The maximum atomic E-state index is 13.7. The first kappa shape index (κ1) is 31.6. The molecule has 0 saturated carbocycles. The van der Waals surface area contributed by atoms with Gasteiger partial charge in [0.25, 0.3) is 5.91 Å². The second-order valence-corrected chi connectivity index (χ2v) is 11.3. The first-order valence-electron chi connectivity index (χ1n) is 15.2. The van der Waals surface area contributed by atoms with Crippen molar-refractivity contribution in [2.45, 2.75) is 31.7 Å². The summed E-state index contributed by atoms with van der Waals surface area (Å²) in [6.45, 7) is 2.60. The number of halogens is 3. The van der Waals surface area contributed by atoms with Gasteiger partial charge in [-0.3, -0.25) is 14.5 Å². The molecule has 1 unspecified atom stereocenters. The molecule has 0 radical (unpaired) electrons. The third-order valence-corrected chi connectivity index (χ3v) is 8.18. The fourth-order valence-electron chi connectivity index (χ4n) is 5.76. The standard InChI is InChI=1S/C34H32F3N5O5/c35-34(36,37)29-28(39-31(47-29)24-10-5-2-6-11-24)30(43)38-25-13-15-26(16-14-25)40-18-20-41(21-19-40)32(44)27-12-7-17-42(27)33(45)46-22-23-8-3-1-4-9-23/h1-6,8-11,13-16,27H,7,12,17-22H2,(H,38,43). The lowest BCUT2D eigenvalue weighted by Gasteiger charge is -2.38. The number of ether oxygens (including phenoxy) is 1. The summed E-state index contributed by atoms with van der Waals surface area (Å²) < 4.78 is 51.5. The topological polar surface area (TPSA) is 108 Å². The minimum absolute atomic E-state index is 0.0987. The zero-order valence-electron chi connectivity index (χ0n) is 25.3. The van der Waals surface area contributed by atoms with Crippen LogP contribution in [0.3, 0.4) is 0 Å². The van der Waals surface area contributed by atoms with Crippen LogP contribution >= 0.6 is 0 Å². The van der Waals surface area contributed by atoms with E-state index in [1.165, 1.54) is 17.0 Å². The molecule has 1 aromatic heterocycles. The van der Waals surface area contributed by atoms with Gasteiger partial charge in [0, 0.05) is 49.7 Å². The Balaban J connectivity index is 1.03. The Morgan fingerprint density at radius 1 is 0.872 bits per heavy atom. The summed E-state index contributed by atoms with van der Waals surface area (Å²) >= 11 is 0. The number of amides is 3. The van der Waals surface area contributed by atoms with Crippen LogP contribution in [0.15, 0.2) is 89.3 Å². The predicted molar refractivity (Wildman–Crippen MR) is 166 cm³/mol. The van der Waals surface area contributed by atoms with E-state index in [0.717, 1.165) is 17.7 Å². The molecule has 2 saturated heterocycles. The number of nitrogens with one attached hydrogen (secondary N) is 1. The van der Waals surface area contributed by atoms with E-state index in [-0.39, 0.29) is 24.1 Å². The monoisotopic (exact) mass is 647 g/mol. The van der Waals surface area contributed by atoms with Crippen LogP contribution in [-0.2, 0) is 22.3 Å². The summed E-state index contributed by atoms with van der Waals surface area (Å²) in [6, 6.07) is 23.5. The second-order valence-electron chi connectivity index (χ2n) is 11.3. The van der Waals surface area contributed by atoms with Crippen molar-refractivity contribution in [1.82, 2.24) is 14.8 Å². The fourth-order valence-corrected chi connectivity index (χ4v) is 5.76. The Labute approximate surface area is 268 Å². The van der Waals surface area contributed by atoms with E-state index >= 15 is 0 Å². The quantitative estimate of drug-likeness (QED) is 0.260. The van der Waals surface area contributed by atoms with Crippen LogP contribution in [0.1, 0.15) is 34.7 Å². The maximum Gasteiger partial charge on any atom is 0.452 e. The Bertz CT molecular complexity index is 1710. The summed E-state index contributed by atoms with van der Waals surface area (Å²) in [5.41, 5.74) is 1.44. The van der Waals surface area contributed by atoms with E-state index in [1.54, 1.807) is 47.4 Å². The van der Waals surface area contributed by atoms with Gasteiger partial charge in [0.2, 0.25) is 17.6 Å². The number of nitrogens with zero attached hydrogens (tertiary/aromatic N) is 4. The van der Waals surface area contributed by atoms with E-state index in [2.05, 4.69) is 15.2 Å². The van der Waals surface area contributed by atoms with Crippen molar-refractivity contribution in [2.75, 3.05) is 42.9 Å². The summed E-state index contributed by atoms with van der Waals surface area (Å²) in [4.78, 5) is 48.3. The lowest BCUT2D eigenvalue weighted by molar-refractivity contribution is -0.153. The average molecular weight is 648 g/mol. The molecule has 13 heteroatoms. The molecule has 0 aliphatic carbocycles. The van der Waals surface area contributed by atoms with Crippen LogP contribution in [0.5, 0.6) is 0 Å². The zero-order chi connectivity index (χ0) is 33.0. The normalized spacial score (nSPS) is 16.7. The summed E-state index contributed by atoms with van der Waals surface area (Å²) in [5, 5.41) is 2.48. The van der Waals surface area contributed by atoms with Gasteiger partial charge in [-0.1, -0.05) is 48.5 Å². The highest BCUT2D eigenvalue weighted by Gasteiger charge is 2.42. The molecule has 3 aromatic carbocycles. The number of benzene rings is 3. The van der Waals surface area contributed by atoms with E-state index in [4.69, 9.17) is 9.15 Å². The maximum absolute atomic E-state index is 13.7. The van der Waals surface area contributed by atoms with Crippen LogP contribution in [-0.4, -0.2) is 71.5 Å². The van der Waals surface area contributed by atoms with Gasteiger partial charge < -0.3 is 24.3 Å². The first-order chi connectivity index (χ1) is 22.7. The molecular weight excluding hydrogens is 615 g/mol. The van der Waals surface area contributed by atoms with Crippen molar-refractivity contribution < 1.29 is 36.7 Å². The molecule has 3 heterocycles.